The second-order valence-corrected chi connectivity index (χ2v) is 8.90. The van der Waals surface area contributed by atoms with E-state index in [1.54, 1.807) is 0 Å². The number of hydrogen-bond donors (Lipinski definition) is 0. The molecule has 0 aromatic carbocycles. The molecule has 9 heteroatoms. The van der Waals surface area contributed by atoms with Gasteiger partial charge in [-0.2, -0.15) is 13.2 Å². The predicted octanol–water partition coefficient (Wildman–Crippen LogP) is 3.91. The predicted molar refractivity (Wildman–Crippen MR) is 109 cm³/mol. The van der Waals surface area contributed by atoms with E-state index in [1.165, 1.54) is 6.20 Å². The van der Waals surface area contributed by atoms with E-state index < -0.39 is 11.9 Å². The van der Waals surface area contributed by atoms with Crippen molar-refractivity contribution in [2.45, 2.75) is 63.6 Å². The Bertz CT molecular complexity index is 747. The van der Waals surface area contributed by atoms with E-state index in [0.29, 0.717) is 32.2 Å². The largest absolute Gasteiger partial charge is 0.433 e. The highest BCUT2D eigenvalue weighted by Crippen LogP contribution is 2.34. The van der Waals surface area contributed by atoms with E-state index in [4.69, 9.17) is 4.74 Å². The summed E-state index contributed by atoms with van der Waals surface area (Å²) in [6, 6.07) is 1.13. The number of carbonyl (C=O) groups excluding carboxylic acids is 1. The van der Waals surface area contributed by atoms with Crippen LogP contribution in [0.4, 0.5) is 19.1 Å². The Morgan fingerprint density at radius 3 is 2.45 bits per heavy atom. The fourth-order valence-electron chi connectivity index (χ4n) is 5.22. The molecular formula is C22H31F3N4O2. The molecule has 0 bridgehead atoms. The molecule has 4 rings (SSSR count). The van der Waals surface area contributed by atoms with Crippen LogP contribution in [0.3, 0.4) is 0 Å². The van der Waals surface area contributed by atoms with Crippen LogP contribution in [0.2, 0.25) is 0 Å². The highest BCUT2D eigenvalue weighted by atomic mass is 19.4. The van der Waals surface area contributed by atoms with Crippen LogP contribution in [0.1, 0.15) is 57.1 Å². The Morgan fingerprint density at radius 1 is 1.00 bits per heavy atom. The molecule has 3 fully saturated rings. The van der Waals surface area contributed by atoms with Crippen molar-refractivity contribution in [2.75, 3.05) is 37.7 Å². The molecule has 0 saturated carbocycles. The number of carbonyl (C=O) groups is 1. The number of hydrogen-bond acceptors (Lipinski definition) is 5. The van der Waals surface area contributed by atoms with Crippen LogP contribution in [-0.2, 0) is 15.7 Å². The van der Waals surface area contributed by atoms with Gasteiger partial charge in [-0.05, 0) is 50.5 Å². The summed E-state index contributed by atoms with van der Waals surface area (Å²) in [5, 5.41) is 0. The maximum atomic E-state index is 13.3. The van der Waals surface area contributed by atoms with Crippen molar-refractivity contribution >= 4 is 11.9 Å². The lowest BCUT2D eigenvalue weighted by Gasteiger charge is -2.42. The SMILES string of the molecule is O=C(C1CCOCC1)N1CCCCC[C@@H]1C1CCN(c2nccc(C(F)(F)F)n2)CC1. The molecule has 1 aromatic heterocycles. The van der Waals surface area contributed by atoms with Gasteiger partial charge in [-0.3, -0.25) is 4.79 Å². The zero-order valence-electron chi connectivity index (χ0n) is 17.8. The molecular weight excluding hydrogens is 409 g/mol. The molecule has 0 spiro atoms. The minimum atomic E-state index is -4.47. The van der Waals surface area contributed by atoms with E-state index in [0.717, 1.165) is 64.0 Å². The normalized spacial score (nSPS) is 24.8. The number of piperidine rings is 1. The average Bonchev–Trinajstić information content (AvgIpc) is 3.05. The van der Waals surface area contributed by atoms with Crippen LogP contribution in [0.5, 0.6) is 0 Å². The first-order chi connectivity index (χ1) is 14.9. The summed E-state index contributed by atoms with van der Waals surface area (Å²) in [4.78, 5) is 25.1. The van der Waals surface area contributed by atoms with E-state index in [9.17, 15) is 18.0 Å². The van der Waals surface area contributed by atoms with Crippen LogP contribution in [0, 0.1) is 11.8 Å². The first-order valence-electron chi connectivity index (χ1n) is 11.5. The summed E-state index contributed by atoms with van der Waals surface area (Å²) in [6.07, 6.45) is 4.30. The summed E-state index contributed by atoms with van der Waals surface area (Å²) in [5.41, 5.74) is -0.906. The molecule has 4 heterocycles. The molecule has 0 aliphatic carbocycles. The minimum absolute atomic E-state index is 0.0629. The zero-order valence-corrected chi connectivity index (χ0v) is 17.8. The van der Waals surface area contributed by atoms with Gasteiger partial charge in [-0.25, -0.2) is 9.97 Å². The first-order valence-corrected chi connectivity index (χ1v) is 11.5. The molecule has 6 nitrogen and oxygen atoms in total. The Morgan fingerprint density at radius 2 is 1.74 bits per heavy atom. The summed E-state index contributed by atoms with van der Waals surface area (Å²) >= 11 is 0. The Hall–Kier alpha value is -1.90. The van der Waals surface area contributed by atoms with Crippen LogP contribution >= 0.6 is 0 Å². The van der Waals surface area contributed by atoms with Gasteiger partial charge in [0, 0.05) is 51.0 Å². The lowest BCUT2D eigenvalue weighted by molar-refractivity contribution is -0.142. The number of halogens is 3. The molecule has 0 N–H and O–H groups in total. The summed E-state index contributed by atoms with van der Waals surface area (Å²) in [5.74, 6) is 0.847. The maximum Gasteiger partial charge on any atom is 0.433 e. The van der Waals surface area contributed by atoms with E-state index in [2.05, 4.69) is 14.9 Å². The number of anilines is 1. The van der Waals surface area contributed by atoms with Gasteiger partial charge in [0.05, 0.1) is 0 Å². The second-order valence-electron chi connectivity index (χ2n) is 8.90. The van der Waals surface area contributed by atoms with Gasteiger partial charge in [0.25, 0.3) is 0 Å². The third kappa shape index (κ3) is 5.30. The lowest BCUT2D eigenvalue weighted by atomic mass is 9.85. The van der Waals surface area contributed by atoms with Crippen molar-refractivity contribution in [3.63, 3.8) is 0 Å². The third-order valence-corrected chi connectivity index (χ3v) is 6.95. The number of rotatable bonds is 3. The maximum absolute atomic E-state index is 13.3. The quantitative estimate of drug-likeness (QED) is 0.713. The molecule has 3 aliphatic rings. The second kappa shape index (κ2) is 9.71. The summed E-state index contributed by atoms with van der Waals surface area (Å²) in [6.45, 7) is 3.36. The number of ether oxygens (including phenoxy) is 1. The standard InChI is InChI=1S/C22H31F3N4O2/c23-22(24,25)19-5-10-26-21(27-19)28-12-6-16(7-13-28)18-4-2-1-3-11-29(18)20(30)17-8-14-31-15-9-17/h5,10,16-18H,1-4,6-9,11-15H2/t18-/m1/s1. The molecule has 31 heavy (non-hydrogen) atoms. The molecule has 1 aromatic rings. The number of alkyl halides is 3. The fourth-order valence-corrected chi connectivity index (χ4v) is 5.22. The molecule has 172 valence electrons. The lowest BCUT2D eigenvalue weighted by Crippen LogP contribution is -2.50. The molecule has 1 amide bonds. The van der Waals surface area contributed by atoms with Gasteiger partial charge in [-0.1, -0.05) is 12.8 Å². The zero-order chi connectivity index (χ0) is 21.8. The van der Waals surface area contributed by atoms with Crippen molar-refractivity contribution in [2.24, 2.45) is 11.8 Å². The van der Waals surface area contributed by atoms with Gasteiger partial charge < -0.3 is 14.5 Å². The van der Waals surface area contributed by atoms with Gasteiger partial charge in [-0.15, -0.1) is 0 Å². The highest BCUT2D eigenvalue weighted by Gasteiger charge is 2.38. The number of aromatic nitrogens is 2. The van der Waals surface area contributed by atoms with E-state index in [1.807, 2.05) is 4.90 Å². The fraction of sp³-hybridized carbons (Fsp3) is 0.773. The average molecular weight is 441 g/mol. The van der Waals surface area contributed by atoms with Crippen LogP contribution in [-0.4, -0.2) is 59.7 Å². The molecule has 3 aliphatic heterocycles. The smallest absolute Gasteiger partial charge is 0.381 e. The van der Waals surface area contributed by atoms with Crippen LogP contribution in [0.15, 0.2) is 12.3 Å². The number of nitrogens with zero attached hydrogens (tertiary/aromatic N) is 4. The first kappa shape index (κ1) is 22.3. The molecule has 3 saturated heterocycles. The van der Waals surface area contributed by atoms with Gasteiger partial charge >= 0.3 is 6.18 Å². The van der Waals surface area contributed by atoms with Crippen molar-refractivity contribution in [1.29, 1.82) is 0 Å². The van der Waals surface area contributed by atoms with Crippen LogP contribution < -0.4 is 4.90 Å². The van der Waals surface area contributed by atoms with E-state index in [-0.39, 0.29) is 23.8 Å². The number of amides is 1. The summed E-state index contributed by atoms with van der Waals surface area (Å²) in [7, 11) is 0. The monoisotopic (exact) mass is 440 g/mol. The van der Waals surface area contributed by atoms with Crippen molar-refractivity contribution in [1.82, 2.24) is 14.9 Å². The van der Waals surface area contributed by atoms with Crippen molar-refractivity contribution in [3.8, 4) is 0 Å². The number of likely N-dealkylation sites (tertiary alicyclic amines) is 1. The minimum Gasteiger partial charge on any atom is -0.381 e. The molecule has 0 unspecified atom stereocenters. The van der Waals surface area contributed by atoms with Gasteiger partial charge in [0.15, 0.2) is 0 Å². The Labute approximate surface area is 181 Å². The van der Waals surface area contributed by atoms with Gasteiger partial charge in [0.2, 0.25) is 11.9 Å². The van der Waals surface area contributed by atoms with E-state index >= 15 is 0 Å². The topological polar surface area (TPSA) is 58.6 Å². The Kier molecular flexibility index (Phi) is 6.99. The third-order valence-electron chi connectivity index (χ3n) is 6.95. The molecule has 1 atom stereocenters. The Balaban J connectivity index is 1.42. The van der Waals surface area contributed by atoms with Crippen molar-refractivity contribution in [3.05, 3.63) is 18.0 Å². The van der Waals surface area contributed by atoms with Crippen LogP contribution in [0.25, 0.3) is 0 Å². The van der Waals surface area contributed by atoms with Gasteiger partial charge in [0.1, 0.15) is 5.69 Å². The van der Waals surface area contributed by atoms with Crippen molar-refractivity contribution < 1.29 is 22.7 Å². The summed E-state index contributed by atoms with van der Waals surface area (Å²) < 4.78 is 44.4. The molecule has 0 radical (unpaired) electrons. The highest BCUT2D eigenvalue weighted by molar-refractivity contribution is 5.79.